The van der Waals surface area contributed by atoms with Crippen LogP contribution in [-0.4, -0.2) is 38.8 Å². The fourth-order valence-electron chi connectivity index (χ4n) is 4.69. The number of carbonyl (C=O) groups excluding carboxylic acids is 1. The highest BCUT2D eigenvalue weighted by molar-refractivity contribution is 5.92. The number of likely N-dealkylation sites (tertiary alicyclic amines) is 1. The van der Waals surface area contributed by atoms with Gasteiger partial charge in [0.15, 0.2) is 0 Å². The maximum Gasteiger partial charge on any atom is 0.288 e. The van der Waals surface area contributed by atoms with Crippen molar-refractivity contribution in [3.05, 3.63) is 99.7 Å². The number of aromatic nitrogens is 3. The second-order valence-corrected chi connectivity index (χ2v) is 9.23. The van der Waals surface area contributed by atoms with Crippen LogP contribution in [0.15, 0.2) is 71.8 Å². The normalized spacial score (nSPS) is 14.6. The summed E-state index contributed by atoms with van der Waals surface area (Å²) in [6, 6.07) is 17.2. The topological polar surface area (TPSA) is 103 Å². The minimum absolute atomic E-state index is 0.0330. The van der Waals surface area contributed by atoms with Gasteiger partial charge in [-0.15, -0.1) is 0 Å². The largest absolute Gasteiger partial charge is 0.320 e. The Hall–Kier alpha value is -4.04. The maximum absolute atomic E-state index is 12.4. The molecule has 1 saturated heterocycles. The van der Waals surface area contributed by atoms with E-state index in [1.807, 2.05) is 67.8 Å². The van der Waals surface area contributed by atoms with Crippen molar-refractivity contribution in [1.29, 1.82) is 0 Å². The highest BCUT2D eigenvalue weighted by atomic mass is 16.2. The molecule has 1 fully saturated rings. The summed E-state index contributed by atoms with van der Waals surface area (Å²) in [5, 5.41) is 0. The van der Waals surface area contributed by atoms with Crippen LogP contribution in [0.3, 0.4) is 0 Å². The van der Waals surface area contributed by atoms with Gasteiger partial charge >= 0.3 is 0 Å². The van der Waals surface area contributed by atoms with Gasteiger partial charge < -0.3 is 4.98 Å². The van der Waals surface area contributed by atoms with E-state index < -0.39 is 0 Å². The monoisotopic (exact) mass is 482 g/mol. The van der Waals surface area contributed by atoms with Crippen LogP contribution in [0.4, 0.5) is 5.69 Å². The predicted molar refractivity (Wildman–Crippen MR) is 141 cm³/mol. The highest BCUT2D eigenvalue weighted by Crippen LogP contribution is 2.28. The first-order chi connectivity index (χ1) is 17.6. The van der Waals surface area contributed by atoms with Crippen LogP contribution in [0.1, 0.15) is 52.9 Å². The Kier molecular flexibility index (Phi) is 7.04. The molecule has 1 amide bonds. The van der Waals surface area contributed by atoms with E-state index in [4.69, 9.17) is 0 Å². The zero-order valence-electron chi connectivity index (χ0n) is 20.3. The van der Waals surface area contributed by atoms with E-state index in [-0.39, 0.29) is 11.5 Å². The molecule has 8 nitrogen and oxygen atoms in total. The van der Waals surface area contributed by atoms with Gasteiger partial charge in [-0.3, -0.25) is 35.3 Å². The van der Waals surface area contributed by atoms with Crippen molar-refractivity contribution in [2.24, 2.45) is 0 Å². The van der Waals surface area contributed by atoms with Crippen molar-refractivity contribution in [3.8, 4) is 0 Å². The van der Waals surface area contributed by atoms with E-state index in [2.05, 4.69) is 30.7 Å². The van der Waals surface area contributed by atoms with E-state index in [1.54, 1.807) is 6.07 Å². The number of aryl methyl sites for hydroxylation is 1. The summed E-state index contributed by atoms with van der Waals surface area (Å²) in [5.41, 5.74) is 11.4. The molecule has 0 unspecified atom stereocenters. The molecule has 0 radical (unpaired) electrons. The molecule has 1 aliphatic rings. The molecule has 0 atom stereocenters. The number of amides is 1. The van der Waals surface area contributed by atoms with Gasteiger partial charge in [-0.1, -0.05) is 31.2 Å². The Labute approximate surface area is 209 Å². The summed E-state index contributed by atoms with van der Waals surface area (Å²) >= 11 is 0. The standard InChI is InChI=1S/C28H30N6O2/c1-2-20-15-25-26(31-27(20)35)14-19(16-29-25)18-34-12-10-21(11-13-34)22-8-9-24(30-17-22)28(36)33-32-23-6-4-3-5-7-23/h3-9,14-17,21,32H,2,10-13,18H2,1H3,(H,31,35)(H,33,36). The van der Waals surface area contributed by atoms with Crippen LogP contribution in [0, 0.1) is 0 Å². The van der Waals surface area contributed by atoms with E-state index >= 15 is 0 Å². The van der Waals surface area contributed by atoms with Crippen LogP contribution in [0.5, 0.6) is 0 Å². The van der Waals surface area contributed by atoms with Gasteiger partial charge in [-0.25, -0.2) is 0 Å². The van der Waals surface area contributed by atoms with Gasteiger partial charge in [-0.05, 0) is 79.7 Å². The molecule has 3 N–H and O–H groups in total. The molecule has 0 spiro atoms. The number of aromatic amines is 1. The third kappa shape index (κ3) is 5.44. The van der Waals surface area contributed by atoms with Crippen LogP contribution in [0.2, 0.25) is 0 Å². The van der Waals surface area contributed by atoms with Gasteiger partial charge in [-0.2, -0.15) is 0 Å². The van der Waals surface area contributed by atoms with E-state index in [9.17, 15) is 9.59 Å². The predicted octanol–water partition coefficient (Wildman–Crippen LogP) is 4.02. The summed E-state index contributed by atoms with van der Waals surface area (Å²) in [7, 11) is 0. The Morgan fingerprint density at radius 1 is 1.06 bits per heavy atom. The molecule has 1 aliphatic heterocycles. The number of nitrogens with one attached hydrogen (secondary N) is 3. The average Bonchev–Trinajstić information content (AvgIpc) is 2.92. The smallest absolute Gasteiger partial charge is 0.288 e. The maximum atomic E-state index is 12.4. The lowest BCUT2D eigenvalue weighted by atomic mass is 9.90. The number of anilines is 1. The molecule has 0 aliphatic carbocycles. The molecule has 4 heterocycles. The lowest BCUT2D eigenvalue weighted by Crippen LogP contribution is -2.32. The molecule has 184 valence electrons. The molecular formula is C28H30N6O2. The minimum atomic E-state index is -0.267. The molecule has 3 aromatic heterocycles. The van der Waals surface area contributed by atoms with Crippen molar-refractivity contribution in [2.45, 2.75) is 38.6 Å². The Morgan fingerprint density at radius 2 is 1.86 bits per heavy atom. The number of benzene rings is 1. The zero-order chi connectivity index (χ0) is 24.9. The van der Waals surface area contributed by atoms with E-state index in [1.165, 1.54) is 5.56 Å². The van der Waals surface area contributed by atoms with Gasteiger partial charge in [0.05, 0.1) is 16.7 Å². The molecule has 36 heavy (non-hydrogen) atoms. The number of piperidine rings is 1. The number of hydrogen-bond acceptors (Lipinski definition) is 6. The highest BCUT2D eigenvalue weighted by Gasteiger charge is 2.21. The SMILES string of the molecule is CCc1cc2ncc(CN3CCC(c4ccc(C(=O)NNc5ccccc5)nc4)CC3)cc2[nH]c1=O. The number of hydrazine groups is 1. The van der Waals surface area contributed by atoms with E-state index in [0.29, 0.717) is 18.0 Å². The Morgan fingerprint density at radius 3 is 2.58 bits per heavy atom. The first-order valence-corrected chi connectivity index (χ1v) is 12.4. The van der Waals surface area contributed by atoms with Crippen LogP contribution in [0.25, 0.3) is 11.0 Å². The molecule has 5 rings (SSSR count). The molecule has 1 aromatic carbocycles. The number of carbonyl (C=O) groups is 1. The Bertz CT molecular complexity index is 1390. The first kappa shape index (κ1) is 23.7. The average molecular weight is 483 g/mol. The van der Waals surface area contributed by atoms with Crippen LogP contribution >= 0.6 is 0 Å². The van der Waals surface area contributed by atoms with Crippen molar-refractivity contribution < 1.29 is 4.79 Å². The lowest BCUT2D eigenvalue weighted by Gasteiger charge is -2.32. The number of hydrogen-bond donors (Lipinski definition) is 3. The quantitative estimate of drug-likeness (QED) is 0.344. The van der Waals surface area contributed by atoms with Crippen LogP contribution in [-0.2, 0) is 13.0 Å². The van der Waals surface area contributed by atoms with Crippen molar-refractivity contribution in [1.82, 2.24) is 25.3 Å². The number of H-pyrrole nitrogens is 1. The van der Waals surface area contributed by atoms with Crippen molar-refractivity contribution in [3.63, 3.8) is 0 Å². The molecule has 0 saturated carbocycles. The lowest BCUT2D eigenvalue weighted by molar-refractivity contribution is 0.0957. The number of fused-ring (bicyclic) bond motifs is 1. The third-order valence-electron chi connectivity index (χ3n) is 6.79. The van der Waals surface area contributed by atoms with Gasteiger partial charge in [0.1, 0.15) is 5.69 Å². The molecule has 4 aromatic rings. The summed E-state index contributed by atoms with van der Waals surface area (Å²) < 4.78 is 0. The number of nitrogens with zero attached hydrogens (tertiary/aromatic N) is 3. The second kappa shape index (κ2) is 10.7. The zero-order valence-corrected chi connectivity index (χ0v) is 20.3. The minimum Gasteiger partial charge on any atom is -0.320 e. The van der Waals surface area contributed by atoms with E-state index in [0.717, 1.165) is 60.3 Å². The third-order valence-corrected chi connectivity index (χ3v) is 6.79. The fraction of sp³-hybridized carbons (Fsp3) is 0.286. The van der Waals surface area contributed by atoms with Crippen LogP contribution < -0.4 is 16.4 Å². The Balaban J connectivity index is 1.14. The summed E-state index contributed by atoms with van der Waals surface area (Å²) in [6.45, 7) is 4.72. The molecule has 8 heteroatoms. The second-order valence-electron chi connectivity index (χ2n) is 9.23. The molecule has 0 bridgehead atoms. The fourth-order valence-corrected chi connectivity index (χ4v) is 4.69. The van der Waals surface area contributed by atoms with Gasteiger partial charge in [0.25, 0.3) is 11.5 Å². The molecular weight excluding hydrogens is 452 g/mol. The van der Waals surface area contributed by atoms with Gasteiger partial charge in [0.2, 0.25) is 0 Å². The van der Waals surface area contributed by atoms with Crippen molar-refractivity contribution >= 4 is 22.6 Å². The summed E-state index contributed by atoms with van der Waals surface area (Å²) in [4.78, 5) is 38.9. The summed E-state index contributed by atoms with van der Waals surface area (Å²) in [6.07, 6.45) is 6.49. The number of pyridine rings is 3. The van der Waals surface area contributed by atoms with Crippen molar-refractivity contribution in [2.75, 3.05) is 18.5 Å². The summed E-state index contributed by atoms with van der Waals surface area (Å²) in [5.74, 6) is 0.156. The first-order valence-electron chi connectivity index (χ1n) is 12.4. The van der Waals surface area contributed by atoms with Gasteiger partial charge in [0, 0.05) is 24.5 Å². The number of rotatable bonds is 7. The number of para-hydroxylation sites is 1.